The molecule has 0 aromatic heterocycles. The van der Waals surface area contributed by atoms with Gasteiger partial charge in [-0.1, -0.05) is 12.1 Å². The van der Waals surface area contributed by atoms with Crippen LogP contribution in [-0.2, 0) is 0 Å². The highest BCUT2D eigenvalue weighted by Gasteiger charge is 2.29. The first-order valence-corrected chi connectivity index (χ1v) is 7.10. The van der Waals surface area contributed by atoms with E-state index in [9.17, 15) is 10.5 Å². The first-order chi connectivity index (χ1) is 10.7. The molecule has 1 fully saturated rings. The molecule has 0 unspecified atom stereocenters. The fourth-order valence-corrected chi connectivity index (χ4v) is 2.69. The van der Waals surface area contributed by atoms with Crippen LogP contribution < -0.4 is 10.5 Å². The van der Waals surface area contributed by atoms with E-state index in [1.165, 1.54) is 0 Å². The van der Waals surface area contributed by atoms with Gasteiger partial charge in [-0.25, -0.2) is 0 Å². The summed E-state index contributed by atoms with van der Waals surface area (Å²) in [6, 6.07) is 13.8. The minimum absolute atomic E-state index is 0.292. The van der Waals surface area contributed by atoms with Crippen molar-refractivity contribution in [2.45, 2.75) is 18.8 Å². The van der Waals surface area contributed by atoms with E-state index in [1.54, 1.807) is 7.11 Å². The number of methoxy groups -OCH3 is 1. The van der Waals surface area contributed by atoms with Crippen molar-refractivity contribution < 1.29 is 4.74 Å². The molecule has 0 amide bonds. The molecule has 2 N–H and O–H groups in total. The van der Waals surface area contributed by atoms with Gasteiger partial charge in [0, 0.05) is 5.56 Å². The SMILES string of the molecule is COc1ccc(-c2cc(C3CC3)c(C#N)c(N)c2C#N)cc1. The van der Waals surface area contributed by atoms with Crippen LogP contribution in [0.5, 0.6) is 5.75 Å². The van der Waals surface area contributed by atoms with Crippen LogP contribution in [-0.4, -0.2) is 7.11 Å². The topological polar surface area (TPSA) is 82.8 Å². The van der Waals surface area contributed by atoms with Gasteiger partial charge in [0.2, 0.25) is 0 Å². The molecule has 0 heterocycles. The second kappa shape index (κ2) is 5.42. The van der Waals surface area contributed by atoms with Gasteiger partial charge >= 0.3 is 0 Å². The van der Waals surface area contributed by atoms with E-state index in [4.69, 9.17) is 10.5 Å². The van der Waals surface area contributed by atoms with Crippen molar-refractivity contribution in [2.75, 3.05) is 12.8 Å². The van der Waals surface area contributed by atoms with Gasteiger partial charge in [-0.05, 0) is 48.1 Å². The molecule has 0 radical (unpaired) electrons. The highest BCUT2D eigenvalue weighted by atomic mass is 16.5. The number of hydrogen-bond donors (Lipinski definition) is 1. The van der Waals surface area contributed by atoms with Crippen LogP contribution >= 0.6 is 0 Å². The van der Waals surface area contributed by atoms with Gasteiger partial charge in [-0.2, -0.15) is 10.5 Å². The quantitative estimate of drug-likeness (QED) is 0.876. The number of nitrogens with two attached hydrogens (primary N) is 1. The number of ether oxygens (including phenoxy) is 1. The summed E-state index contributed by atoms with van der Waals surface area (Å²) in [4.78, 5) is 0. The van der Waals surface area contributed by atoms with E-state index in [0.29, 0.717) is 22.7 Å². The third kappa shape index (κ3) is 2.25. The highest BCUT2D eigenvalue weighted by molar-refractivity contribution is 5.82. The standard InChI is InChI=1S/C18H15N3O/c1-22-13-6-4-12(5-7-13)15-8-14(11-2-3-11)16(9-19)18(21)17(15)10-20/h4-8,11H,2-3,21H2,1H3. The average molecular weight is 289 g/mol. The van der Waals surface area contributed by atoms with Gasteiger partial charge in [-0.15, -0.1) is 0 Å². The third-order valence-electron chi connectivity index (χ3n) is 4.04. The van der Waals surface area contributed by atoms with Crippen molar-refractivity contribution in [3.05, 3.63) is 47.0 Å². The maximum absolute atomic E-state index is 9.46. The minimum Gasteiger partial charge on any atom is -0.497 e. The number of nitrogens with zero attached hydrogens (tertiary/aromatic N) is 2. The molecule has 0 saturated heterocycles. The lowest BCUT2D eigenvalue weighted by Crippen LogP contribution is -2.02. The van der Waals surface area contributed by atoms with E-state index < -0.39 is 0 Å². The first kappa shape index (κ1) is 14.0. The second-order valence-corrected chi connectivity index (χ2v) is 5.40. The smallest absolute Gasteiger partial charge is 0.118 e. The van der Waals surface area contributed by atoms with Gasteiger partial charge in [0.15, 0.2) is 0 Å². The van der Waals surface area contributed by atoms with Crippen molar-refractivity contribution in [3.8, 4) is 29.0 Å². The second-order valence-electron chi connectivity index (χ2n) is 5.40. The van der Waals surface area contributed by atoms with Crippen molar-refractivity contribution >= 4 is 5.69 Å². The Morgan fingerprint density at radius 3 is 2.23 bits per heavy atom. The molecule has 22 heavy (non-hydrogen) atoms. The summed E-state index contributed by atoms with van der Waals surface area (Å²) in [5.74, 6) is 1.15. The van der Waals surface area contributed by atoms with Crippen LogP contribution in [0.3, 0.4) is 0 Å². The van der Waals surface area contributed by atoms with E-state index >= 15 is 0 Å². The van der Waals surface area contributed by atoms with E-state index in [1.807, 2.05) is 30.3 Å². The fourth-order valence-electron chi connectivity index (χ4n) is 2.69. The van der Waals surface area contributed by atoms with Crippen molar-refractivity contribution in [2.24, 2.45) is 0 Å². The Balaban J connectivity index is 2.22. The lowest BCUT2D eigenvalue weighted by Gasteiger charge is -2.13. The number of anilines is 1. The molecule has 3 rings (SSSR count). The van der Waals surface area contributed by atoms with Gasteiger partial charge < -0.3 is 10.5 Å². The van der Waals surface area contributed by atoms with Gasteiger partial charge in [0.1, 0.15) is 17.9 Å². The van der Waals surface area contributed by atoms with Crippen molar-refractivity contribution in [1.29, 1.82) is 10.5 Å². The number of nitriles is 2. The van der Waals surface area contributed by atoms with Crippen LogP contribution in [0.15, 0.2) is 30.3 Å². The Kier molecular flexibility index (Phi) is 3.45. The molecule has 0 atom stereocenters. The maximum Gasteiger partial charge on any atom is 0.118 e. The monoisotopic (exact) mass is 289 g/mol. The lowest BCUT2D eigenvalue weighted by atomic mass is 9.91. The highest BCUT2D eigenvalue weighted by Crippen LogP contribution is 2.45. The summed E-state index contributed by atoms with van der Waals surface area (Å²) >= 11 is 0. The Morgan fingerprint density at radius 1 is 1.09 bits per heavy atom. The largest absolute Gasteiger partial charge is 0.497 e. The van der Waals surface area contributed by atoms with Crippen molar-refractivity contribution in [1.82, 2.24) is 0 Å². The maximum atomic E-state index is 9.46. The summed E-state index contributed by atoms with van der Waals surface area (Å²) in [7, 11) is 1.61. The van der Waals surface area contributed by atoms with Gasteiger partial charge in [-0.3, -0.25) is 0 Å². The number of hydrogen-bond acceptors (Lipinski definition) is 4. The molecule has 1 aliphatic rings. The summed E-state index contributed by atoms with van der Waals surface area (Å²) in [5, 5.41) is 18.8. The molecule has 4 nitrogen and oxygen atoms in total. The van der Waals surface area contributed by atoms with Crippen LogP contribution in [0.25, 0.3) is 11.1 Å². The van der Waals surface area contributed by atoms with E-state index in [0.717, 1.165) is 35.3 Å². The lowest BCUT2D eigenvalue weighted by molar-refractivity contribution is 0.415. The zero-order valence-electron chi connectivity index (χ0n) is 12.3. The summed E-state index contributed by atoms with van der Waals surface area (Å²) in [6.07, 6.45) is 2.14. The predicted octanol–water partition coefficient (Wildman–Crippen LogP) is 3.57. The molecule has 108 valence electrons. The molecule has 0 aliphatic heterocycles. The minimum atomic E-state index is 0.292. The number of benzene rings is 2. The molecule has 1 saturated carbocycles. The zero-order valence-corrected chi connectivity index (χ0v) is 12.3. The van der Waals surface area contributed by atoms with Crippen LogP contribution in [0, 0.1) is 22.7 Å². The van der Waals surface area contributed by atoms with Gasteiger partial charge in [0.25, 0.3) is 0 Å². The van der Waals surface area contributed by atoms with Gasteiger partial charge in [0.05, 0.1) is 23.9 Å². The fraction of sp³-hybridized carbons (Fsp3) is 0.222. The first-order valence-electron chi connectivity index (χ1n) is 7.10. The molecule has 1 aliphatic carbocycles. The summed E-state index contributed by atoms with van der Waals surface area (Å²) in [5.41, 5.74) is 9.85. The molecule has 2 aromatic rings. The van der Waals surface area contributed by atoms with E-state index in [2.05, 4.69) is 12.1 Å². The van der Waals surface area contributed by atoms with Crippen LogP contribution in [0.1, 0.15) is 35.4 Å². The predicted molar refractivity (Wildman–Crippen MR) is 84.2 cm³/mol. The van der Waals surface area contributed by atoms with Crippen molar-refractivity contribution in [3.63, 3.8) is 0 Å². The van der Waals surface area contributed by atoms with Crippen LogP contribution in [0.4, 0.5) is 5.69 Å². The Labute approximate surface area is 129 Å². The summed E-state index contributed by atoms with van der Waals surface area (Å²) in [6.45, 7) is 0. The van der Waals surface area contributed by atoms with Crippen LogP contribution in [0.2, 0.25) is 0 Å². The molecular formula is C18H15N3O. The molecule has 0 bridgehead atoms. The summed E-state index contributed by atoms with van der Waals surface area (Å²) < 4.78 is 5.16. The molecule has 0 spiro atoms. The Bertz CT molecular complexity index is 806. The third-order valence-corrected chi connectivity index (χ3v) is 4.04. The average Bonchev–Trinajstić information content (AvgIpc) is 3.39. The molecular weight excluding hydrogens is 274 g/mol. The number of nitrogen functional groups attached to an aromatic ring is 1. The molecule has 2 aromatic carbocycles. The van der Waals surface area contributed by atoms with E-state index in [-0.39, 0.29) is 0 Å². The number of rotatable bonds is 3. The molecule has 4 heteroatoms. The Hall–Kier alpha value is -2.98. The Morgan fingerprint density at radius 2 is 1.73 bits per heavy atom. The normalized spacial score (nSPS) is 13.2. The zero-order chi connectivity index (χ0) is 15.7.